The second-order valence-electron chi connectivity index (χ2n) is 8.80. The third-order valence-electron chi connectivity index (χ3n) is 5.86. The van der Waals surface area contributed by atoms with Gasteiger partial charge in [0.25, 0.3) is 11.8 Å². The standard InChI is InChI=1S/C27H33N5O4.2C2H6/c1-8-18(10-9-17(2)3)19-13-22(30(4)15-19)25(33)28-20-14-23(31(5)16-20)26(34)29-24-12-11-21(32(24)6)27(35)36-7;2*1-2/h9-16H,8H2,1-7H3,(H,28,33)(H,29,34);2*1-2H3/b18-10+;;. The van der Waals surface area contributed by atoms with Crippen LogP contribution in [0.4, 0.5) is 11.5 Å². The molecule has 0 bridgehead atoms. The summed E-state index contributed by atoms with van der Waals surface area (Å²) in [6.07, 6.45) is 8.60. The number of methoxy groups -OCH3 is 1. The van der Waals surface area contributed by atoms with Gasteiger partial charge in [0.1, 0.15) is 22.9 Å². The van der Waals surface area contributed by atoms with E-state index in [-0.39, 0.29) is 11.8 Å². The first-order valence-electron chi connectivity index (χ1n) is 13.6. The summed E-state index contributed by atoms with van der Waals surface area (Å²) in [6, 6.07) is 6.67. The molecule has 0 atom stereocenters. The van der Waals surface area contributed by atoms with Crippen molar-refractivity contribution in [3.8, 4) is 0 Å². The van der Waals surface area contributed by atoms with Gasteiger partial charge in [-0.2, -0.15) is 0 Å². The molecule has 0 saturated carbocycles. The van der Waals surface area contributed by atoms with Gasteiger partial charge in [0.05, 0.1) is 12.8 Å². The van der Waals surface area contributed by atoms with Crippen LogP contribution in [0, 0.1) is 0 Å². The maximum atomic E-state index is 13.0. The maximum absolute atomic E-state index is 13.0. The van der Waals surface area contributed by atoms with Crippen LogP contribution in [0.2, 0.25) is 0 Å². The van der Waals surface area contributed by atoms with Crippen molar-refractivity contribution >= 4 is 34.9 Å². The second kappa shape index (κ2) is 16.0. The summed E-state index contributed by atoms with van der Waals surface area (Å²) >= 11 is 0. The second-order valence-corrected chi connectivity index (χ2v) is 8.80. The van der Waals surface area contributed by atoms with E-state index in [0.717, 1.165) is 17.6 Å². The van der Waals surface area contributed by atoms with Crippen LogP contribution in [0.1, 0.15) is 91.9 Å². The number of ether oxygens (including phenoxy) is 1. The van der Waals surface area contributed by atoms with Crippen molar-refractivity contribution in [2.45, 2.75) is 54.9 Å². The van der Waals surface area contributed by atoms with Crippen LogP contribution in [0.5, 0.6) is 0 Å². The monoisotopic (exact) mass is 551 g/mol. The number of aryl methyl sites for hydroxylation is 2. The Hall–Kier alpha value is -4.27. The van der Waals surface area contributed by atoms with Gasteiger partial charge in [0.2, 0.25) is 0 Å². The van der Waals surface area contributed by atoms with Gasteiger partial charge in [-0.05, 0) is 55.7 Å². The molecule has 3 heterocycles. The molecule has 2 amide bonds. The first-order chi connectivity index (χ1) is 19.0. The Balaban J connectivity index is 0.00000191. The first-order valence-corrected chi connectivity index (χ1v) is 13.6. The van der Waals surface area contributed by atoms with Crippen LogP contribution < -0.4 is 10.6 Å². The highest BCUT2D eigenvalue weighted by atomic mass is 16.5. The highest BCUT2D eigenvalue weighted by molar-refractivity contribution is 6.07. The van der Waals surface area contributed by atoms with Gasteiger partial charge < -0.3 is 29.1 Å². The lowest BCUT2D eigenvalue weighted by atomic mass is 10.1. The van der Waals surface area contributed by atoms with Crippen molar-refractivity contribution in [2.75, 3.05) is 17.7 Å². The molecule has 3 aromatic heterocycles. The Morgan fingerprint density at radius 1 is 0.825 bits per heavy atom. The fraction of sp³-hybridized carbons (Fsp3) is 0.387. The third kappa shape index (κ3) is 8.36. The van der Waals surface area contributed by atoms with E-state index in [0.29, 0.717) is 28.6 Å². The third-order valence-corrected chi connectivity index (χ3v) is 5.86. The largest absolute Gasteiger partial charge is 0.464 e. The molecule has 9 heteroatoms. The van der Waals surface area contributed by atoms with Crippen LogP contribution in [-0.4, -0.2) is 38.6 Å². The molecule has 9 nitrogen and oxygen atoms in total. The molecule has 0 spiro atoms. The Labute approximate surface area is 238 Å². The van der Waals surface area contributed by atoms with E-state index >= 15 is 0 Å². The molecule has 0 unspecified atom stereocenters. The quantitative estimate of drug-likeness (QED) is 0.237. The Morgan fingerprint density at radius 2 is 1.40 bits per heavy atom. The molecule has 0 fully saturated rings. The van der Waals surface area contributed by atoms with Gasteiger partial charge in [-0.25, -0.2) is 4.79 Å². The number of allylic oxidation sites excluding steroid dienone is 4. The van der Waals surface area contributed by atoms with Gasteiger partial charge in [0.15, 0.2) is 0 Å². The number of rotatable bonds is 8. The Kier molecular flexibility index (Phi) is 13.5. The number of carbonyl (C=O) groups excluding carboxylic acids is 3. The molecule has 0 aromatic carbocycles. The number of nitrogens with one attached hydrogen (secondary N) is 2. The van der Waals surface area contributed by atoms with Crippen LogP contribution >= 0.6 is 0 Å². The van der Waals surface area contributed by atoms with Crippen molar-refractivity contribution in [3.05, 3.63) is 77.0 Å². The summed E-state index contributed by atoms with van der Waals surface area (Å²) in [7, 11) is 6.51. The number of aromatic nitrogens is 3. The fourth-order valence-electron chi connectivity index (χ4n) is 3.83. The number of anilines is 2. The molecule has 218 valence electrons. The van der Waals surface area contributed by atoms with Crippen LogP contribution in [0.3, 0.4) is 0 Å². The molecule has 0 aliphatic carbocycles. The van der Waals surface area contributed by atoms with Crippen molar-refractivity contribution in [1.82, 2.24) is 13.7 Å². The van der Waals surface area contributed by atoms with Crippen molar-refractivity contribution in [2.24, 2.45) is 21.1 Å². The highest BCUT2D eigenvalue weighted by Gasteiger charge is 2.19. The number of esters is 1. The van der Waals surface area contributed by atoms with E-state index in [1.807, 2.05) is 60.9 Å². The average Bonchev–Trinajstić information content (AvgIpc) is 3.62. The minimum atomic E-state index is -0.496. The number of amides is 2. The lowest BCUT2D eigenvalue weighted by Crippen LogP contribution is -2.18. The molecular formula is C31H45N5O4. The lowest BCUT2D eigenvalue weighted by molar-refractivity contribution is 0.0589. The van der Waals surface area contributed by atoms with E-state index in [1.165, 1.54) is 12.7 Å². The van der Waals surface area contributed by atoms with Crippen molar-refractivity contribution in [1.29, 1.82) is 0 Å². The van der Waals surface area contributed by atoms with E-state index in [1.54, 1.807) is 52.2 Å². The smallest absolute Gasteiger partial charge is 0.354 e. The summed E-state index contributed by atoms with van der Waals surface area (Å²) in [4.78, 5) is 37.7. The summed E-state index contributed by atoms with van der Waals surface area (Å²) in [6.45, 7) is 14.2. The molecule has 2 N–H and O–H groups in total. The number of nitrogens with zero attached hydrogens (tertiary/aromatic N) is 3. The molecular weight excluding hydrogens is 506 g/mol. The zero-order valence-corrected chi connectivity index (χ0v) is 25.8. The summed E-state index contributed by atoms with van der Waals surface area (Å²) < 4.78 is 9.70. The maximum Gasteiger partial charge on any atom is 0.354 e. The van der Waals surface area contributed by atoms with Gasteiger partial charge in [-0.15, -0.1) is 0 Å². The molecule has 0 aliphatic heterocycles. The van der Waals surface area contributed by atoms with Crippen LogP contribution in [-0.2, 0) is 25.9 Å². The summed E-state index contributed by atoms with van der Waals surface area (Å²) in [5, 5.41) is 5.66. The summed E-state index contributed by atoms with van der Waals surface area (Å²) in [5.41, 5.74) is 5.00. The highest BCUT2D eigenvalue weighted by Crippen LogP contribution is 2.23. The molecule has 0 aliphatic rings. The van der Waals surface area contributed by atoms with Crippen molar-refractivity contribution in [3.63, 3.8) is 0 Å². The molecule has 3 rings (SSSR count). The molecule has 40 heavy (non-hydrogen) atoms. The van der Waals surface area contributed by atoms with Gasteiger partial charge in [-0.3, -0.25) is 9.59 Å². The minimum Gasteiger partial charge on any atom is -0.464 e. The van der Waals surface area contributed by atoms with Crippen LogP contribution in [0.25, 0.3) is 5.57 Å². The zero-order valence-electron chi connectivity index (χ0n) is 25.8. The Morgan fingerprint density at radius 3 is 1.98 bits per heavy atom. The van der Waals surface area contributed by atoms with E-state index in [9.17, 15) is 14.4 Å². The van der Waals surface area contributed by atoms with Gasteiger partial charge in [-0.1, -0.05) is 52.3 Å². The predicted molar refractivity (Wildman–Crippen MR) is 164 cm³/mol. The van der Waals surface area contributed by atoms with Gasteiger partial charge >= 0.3 is 5.97 Å². The van der Waals surface area contributed by atoms with Gasteiger partial charge in [0, 0.05) is 33.5 Å². The SMILES string of the molecule is CC.CC.CC/C(=C\C=C(C)C)c1cc(C(=O)Nc2cc(C(=O)Nc3ccc(C(=O)OC)n3C)n(C)c2)n(C)c1. The molecule has 0 radical (unpaired) electrons. The van der Waals surface area contributed by atoms with Crippen molar-refractivity contribution < 1.29 is 19.1 Å². The average molecular weight is 552 g/mol. The number of hydrogen-bond acceptors (Lipinski definition) is 4. The lowest BCUT2D eigenvalue weighted by Gasteiger charge is -2.08. The summed E-state index contributed by atoms with van der Waals surface area (Å²) in [5.74, 6) is -0.710. The van der Waals surface area contributed by atoms with E-state index in [4.69, 9.17) is 4.74 Å². The Bertz CT molecular complexity index is 1360. The molecule has 0 saturated heterocycles. The topological polar surface area (TPSA) is 99.3 Å². The van der Waals surface area contributed by atoms with E-state index < -0.39 is 5.97 Å². The van der Waals surface area contributed by atoms with E-state index in [2.05, 4.69) is 29.7 Å². The molecule has 3 aromatic rings. The zero-order chi connectivity index (χ0) is 30.6. The number of carbonyl (C=O) groups is 3. The fourth-order valence-corrected chi connectivity index (χ4v) is 3.83. The minimum absolute atomic E-state index is 0.274. The number of hydrogen-bond donors (Lipinski definition) is 2. The van der Waals surface area contributed by atoms with Crippen LogP contribution in [0.15, 0.2) is 54.4 Å². The normalized spacial score (nSPS) is 10.4. The predicted octanol–water partition coefficient (Wildman–Crippen LogP) is 6.81. The first kappa shape index (κ1) is 33.8.